The smallest absolute Gasteiger partial charge is 0.393 e. The van der Waals surface area contributed by atoms with Crippen LogP contribution in [0.1, 0.15) is 37.1 Å². The zero-order valence-electron chi connectivity index (χ0n) is 24.1. The summed E-state index contributed by atoms with van der Waals surface area (Å²) in [6.07, 6.45) is 8.98. The van der Waals surface area contributed by atoms with Crippen molar-refractivity contribution in [3.05, 3.63) is 99.2 Å². The molecule has 2 aromatic carbocycles. The first kappa shape index (κ1) is 42.9. The average molecular weight is 693 g/mol. The van der Waals surface area contributed by atoms with Crippen molar-refractivity contribution in [2.24, 2.45) is 5.11 Å². The van der Waals surface area contributed by atoms with E-state index in [4.69, 9.17) is 32.7 Å². The highest BCUT2D eigenvalue weighted by Gasteiger charge is 2.48. The predicted octanol–water partition coefficient (Wildman–Crippen LogP) is 4.14. The normalized spacial score (nSPS) is 14.3. The lowest BCUT2D eigenvalue weighted by Crippen LogP contribution is -2.45. The minimum atomic E-state index is -5.80. The monoisotopic (exact) mass is 692 g/mol. The van der Waals surface area contributed by atoms with Crippen LogP contribution in [0.15, 0.2) is 71.6 Å². The standard InChI is InChI=1S/C13H12N4O.C9H5N.C6H10F3N3O5S.2CH4/c14-5-10-1-3-12(4-2-10)13-8-16-6-11(9-18)7-17(16)15-13;1-2-8-3-5-9(7-10)6-4-8;1-16-5(3-13,2-11-12-10)4-17-18(14,15)6(7,8)9;;/h1-4,6,8,15,18H,7,9H2;1,3-6H;13H,2-4H2,1H3;2*1H4. The maximum atomic E-state index is 12.0. The van der Waals surface area contributed by atoms with E-state index in [0.29, 0.717) is 17.7 Å². The predicted molar refractivity (Wildman–Crippen MR) is 170 cm³/mol. The molecule has 1 atom stereocenters. The van der Waals surface area contributed by atoms with Crippen LogP contribution >= 0.6 is 0 Å². The Hall–Kier alpha value is -5.09. The third-order valence-electron chi connectivity index (χ3n) is 6.07. The molecule has 2 aromatic rings. The number of benzene rings is 2. The number of hydrogen-bond donors (Lipinski definition) is 3. The maximum Gasteiger partial charge on any atom is 0.523 e. The molecule has 0 radical (unpaired) electrons. The van der Waals surface area contributed by atoms with Gasteiger partial charge in [-0.15, -0.1) is 11.5 Å². The Bertz CT molecular complexity index is 1650. The Balaban J connectivity index is 0.000000703. The molecule has 0 spiro atoms. The van der Waals surface area contributed by atoms with E-state index in [1.807, 2.05) is 40.7 Å². The molecule has 2 aliphatic heterocycles. The number of methoxy groups -OCH3 is 1. The van der Waals surface area contributed by atoms with Crippen molar-refractivity contribution in [2.45, 2.75) is 26.0 Å². The number of terminal acetylenes is 1. The molecule has 0 aliphatic carbocycles. The van der Waals surface area contributed by atoms with Crippen LogP contribution in [0.4, 0.5) is 13.2 Å². The summed E-state index contributed by atoms with van der Waals surface area (Å²) < 4.78 is 65.5. The summed E-state index contributed by atoms with van der Waals surface area (Å²) in [5.41, 5.74) is 8.94. The molecule has 1 unspecified atom stereocenters. The van der Waals surface area contributed by atoms with Gasteiger partial charge in [-0.2, -0.15) is 32.1 Å². The molecular formula is C30H35F3N8O6S. The first-order valence-electron chi connectivity index (χ1n) is 12.8. The maximum absolute atomic E-state index is 12.0. The van der Waals surface area contributed by atoms with E-state index in [9.17, 15) is 21.6 Å². The second-order valence-electron chi connectivity index (χ2n) is 9.16. The molecule has 0 amide bonds. The van der Waals surface area contributed by atoms with Crippen LogP contribution in [0.3, 0.4) is 0 Å². The van der Waals surface area contributed by atoms with Crippen LogP contribution in [0.5, 0.6) is 0 Å². The number of fused-ring (bicyclic) bond motifs is 1. The number of rotatable bonds is 9. The number of halogens is 3. The van der Waals surface area contributed by atoms with Gasteiger partial charge < -0.3 is 14.9 Å². The molecule has 3 N–H and O–H groups in total. The van der Waals surface area contributed by atoms with Crippen molar-refractivity contribution in [1.29, 1.82) is 10.5 Å². The zero-order valence-corrected chi connectivity index (χ0v) is 24.9. The second-order valence-corrected chi connectivity index (χ2v) is 10.8. The van der Waals surface area contributed by atoms with E-state index in [2.05, 4.69) is 36.4 Å². The molecular weight excluding hydrogens is 657 g/mol. The number of nitriles is 2. The summed E-state index contributed by atoms with van der Waals surface area (Å²) in [7, 11) is -4.81. The second kappa shape index (κ2) is 19.5. The van der Waals surface area contributed by atoms with Gasteiger partial charge in [0.05, 0.1) is 61.9 Å². The Morgan fingerprint density at radius 3 is 2.00 bits per heavy atom. The quantitative estimate of drug-likeness (QED) is 0.0850. The number of nitrogens with zero attached hydrogens (tertiary/aromatic N) is 7. The van der Waals surface area contributed by atoms with Gasteiger partial charge in [0.25, 0.3) is 0 Å². The van der Waals surface area contributed by atoms with Gasteiger partial charge >= 0.3 is 15.6 Å². The van der Waals surface area contributed by atoms with Crippen LogP contribution in [-0.2, 0) is 19.0 Å². The zero-order chi connectivity index (χ0) is 34.4. The number of hydrazine groups is 2. The molecule has 48 heavy (non-hydrogen) atoms. The van der Waals surface area contributed by atoms with E-state index in [-0.39, 0.29) is 21.5 Å². The van der Waals surface area contributed by atoms with Gasteiger partial charge in [0.1, 0.15) is 5.60 Å². The van der Waals surface area contributed by atoms with E-state index in [1.54, 1.807) is 36.4 Å². The fourth-order valence-electron chi connectivity index (χ4n) is 3.41. The van der Waals surface area contributed by atoms with Crippen molar-refractivity contribution >= 4 is 15.8 Å². The highest BCUT2D eigenvalue weighted by molar-refractivity contribution is 7.87. The largest absolute Gasteiger partial charge is 0.523 e. The third-order valence-corrected chi connectivity index (χ3v) is 7.07. The van der Waals surface area contributed by atoms with Crippen molar-refractivity contribution < 1.29 is 40.7 Å². The average Bonchev–Trinajstić information content (AvgIpc) is 3.65. The number of azide groups is 1. The molecule has 0 fully saturated rings. The molecule has 4 rings (SSSR count). The Morgan fingerprint density at radius 2 is 1.58 bits per heavy atom. The van der Waals surface area contributed by atoms with Gasteiger partial charge in [-0.05, 0) is 47.5 Å². The van der Waals surface area contributed by atoms with E-state index >= 15 is 0 Å². The van der Waals surface area contributed by atoms with Gasteiger partial charge in [-0.1, -0.05) is 38.0 Å². The van der Waals surface area contributed by atoms with Crippen molar-refractivity contribution in [2.75, 3.05) is 40.0 Å². The Kier molecular flexibility index (Phi) is 17.5. The van der Waals surface area contributed by atoms with Crippen molar-refractivity contribution in [1.82, 2.24) is 15.6 Å². The molecule has 2 aliphatic rings. The molecule has 2 heterocycles. The molecule has 0 aromatic heterocycles. The SMILES string of the molecule is C.C.C#Cc1ccc(C#N)cc1.COC(CO)(CN=[N+]=[N-])COS(=O)(=O)C(F)(F)F.N#Cc1ccc(C2=CN3C=C(CO)CN3N2)cc1. The minimum Gasteiger partial charge on any atom is -0.393 e. The number of hydrogen-bond acceptors (Lipinski definition) is 12. The minimum absolute atomic E-state index is 0. The lowest BCUT2D eigenvalue weighted by atomic mass is 10.1. The molecule has 258 valence electrons. The Labute approximate surface area is 277 Å². The third kappa shape index (κ3) is 11.9. The lowest BCUT2D eigenvalue weighted by molar-refractivity contribution is -0.0850. The number of nitrogens with one attached hydrogen (secondary N) is 1. The number of aliphatic hydroxyl groups is 2. The Morgan fingerprint density at radius 1 is 1.04 bits per heavy atom. The number of ether oxygens (including phenoxy) is 1. The molecule has 0 saturated carbocycles. The highest BCUT2D eigenvalue weighted by atomic mass is 32.2. The van der Waals surface area contributed by atoms with E-state index in [0.717, 1.165) is 29.5 Å². The van der Waals surface area contributed by atoms with Gasteiger partial charge in [0.2, 0.25) is 0 Å². The van der Waals surface area contributed by atoms with Crippen molar-refractivity contribution in [3.8, 4) is 24.5 Å². The molecule has 0 bridgehead atoms. The fraction of sp³-hybridized carbons (Fsp3) is 0.333. The number of alkyl halides is 3. The highest BCUT2D eigenvalue weighted by Crippen LogP contribution is 2.27. The van der Waals surface area contributed by atoms with Gasteiger partial charge in [0.15, 0.2) is 0 Å². The van der Waals surface area contributed by atoms with Crippen LogP contribution < -0.4 is 5.43 Å². The summed E-state index contributed by atoms with van der Waals surface area (Å²) in [5, 5.41) is 42.0. The summed E-state index contributed by atoms with van der Waals surface area (Å²) in [6, 6.07) is 18.4. The summed E-state index contributed by atoms with van der Waals surface area (Å²) in [4.78, 5) is 2.32. The van der Waals surface area contributed by atoms with Gasteiger partial charge in [0, 0.05) is 35.5 Å². The van der Waals surface area contributed by atoms with Crippen LogP contribution in [0, 0.1) is 35.0 Å². The van der Waals surface area contributed by atoms with E-state index < -0.39 is 41.0 Å². The number of aliphatic hydroxyl groups excluding tert-OH is 2. The van der Waals surface area contributed by atoms with Crippen LogP contribution in [-0.4, -0.2) is 79.9 Å². The molecule has 18 heteroatoms. The summed E-state index contributed by atoms with van der Waals surface area (Å²) in [5.74, 6) is 2.47. The molecule has 14 nitrogen and oxygen atoms in total. The van der Waals surface area contributed by atoms with Gasteiger partial charge in [-0.3, -0.25) is 14.6 Å². The van der Waals surface area contributed by atoms with Crippen molar-refractivity contribution in [3.63, 3.8) is 0 Å². The first-order chi connectivity index (χ1) is 21.8. The first-order valence-corrected chi connectivity index (χ1v) is 14.2. The topological polar surface area (TPSA) is 208 Å². The van der Waals surface area contributed by atoms with Gasteiger partial charge in [-0.25, -0.2) is 0 Å². The van der Waals surface area contributed by atoms with Crippen LogP contribution in [0.25, 0.3) is 16.1 Å². The molecule has 0 saturated heterocycles. The van der Waals surface area contributed by atoms with E-state index in [1.165, 1.54) is 0 Å². The van der Waals surface area contributed by atoms with Crippen LogP contribution in [0.2, 0.25) is 0 Å². The summed E-state index contributed by atoms with van der Waals surface area (Å²) in [6.45, 7) is -1.87. The summed E-state index contributed by atoms with van der Waals surface area (Å²) >= 11 is 0. The fourth-order valence-corrected chi connectivity index (χ4v) is 3.92. The lowest BCUT2D eigenvalue weighted by Gasteiger charge is -2.27.